The number of ether oxygens (including phenoxy) is 1. The highest BCUT2D eigenvalue weighted by atomic mass is 16.5. The van der Waals surface area contributed by atoms with Crippen molar-refractivity contribution in [3.8, 4) is 0 Å². The molecule has 0 N–H and O–H groups in total. The molecule has 0 aliphatic carbocycles. The van der Waals surface area contributed by atoms with Gasteiger partial charge in [0.2, 0.25) is 0 Å². The quantitative estimate of drug-likeness (QED) is 0.466. The third-order valence-corrected chi connectivity index (χ3v) is 2.29. The van der Waals surface area contributed by atoms with Crippen LogP contribution in [0, 0.1) is 12.0 Å². The summed E-state index contributed by atoms with van der Waals surface area (Å²) < 4.78 is 5.04. The fourth-order valence-corrected chi connectivity index (χ4v) is 0.961. The maximum absolute atomic E-state index is 7.01. The van der Waals surface area contributed by atoms with Crippen LogP contribution in [0.3, 0.4) is 0 Å². The first-order valence-electron chi connectivity index (χ1n) is 3.48. The van der Waals surface area contributed by atoms with E-state index >= 15 is 0 Å². The summed E-state index contributed by atoms with van der Waals surface area (Å²) in [6, 6.07) is 0. The fraction of sp³-hybridized carbons (Fsp3) is 0.875. The highest BCUT2D eigenvalue weighted by Gasteiger charge is 2.55. The Morgan fingerprint density at radius 2 is 1.90 bits per heavy atom. The molecule has 56 valence electrons. The van der Waals surface area contributed by atoms with E-state index in [1.807, 2.05) is 0 Å². The summed E-state index contributed by atoms with van der Waals surface area (Å²) in [5, 5.41) is 0. The summed E-state index contributed by atoms with van der Waals surface area (Å²) in [7, 11) is 0. The molecule has 1 aliphatic heterocycles. The topological polar surface area (TPSA) is 13.6 Å². The van der Waals surface area contributed by atoms with Gasteiger partial charge in [0.15, 0.2) is 0 Å². The molecular formula is C8H13NO. The number of hydrogen-bond donors (Lipinski definition) is 0. The minimum Gasteiger partial charge on any atom is -0.364 e. The molecule has 1 fully saturated rings. The van der Waals surface area contributed by atoms with Gasteiger partial charge in [0.25, 0.3) is 5.54 Å². The molecule has 1 aliphatic rings. The first kappa shape index (κ1) is 7.56. The smallest absolute Gasteiger partial charge is 0.282 e. The van der Waals surface area contributed by atoms with Crippen LogP contribution in [0.2, 0.25) is 0 Å². The zero-order chi connectivity index (χ0) is 7.83. The average Bonchev–Trinajstić information content (AvgIpc) is 1.58. The first-order valence-corrected chi connectivity index (χ1v) is 3.48. The van der Waals surface area contributed by atoms with Crippen LogP contribution < -0.4 is 0 Å². The van der Waals surface area contributed by atoms with Crippen molar-refractivity contribution >= 4 is 0 Å². The van der Waals surface area contributed by atoms with Gasteiger partial charge in [-0.15, -0.1) is 0 Å². The van der Waals surface area contributed by atoms with E-state index in [0.29, 0.717) is 13.2 Å². The third-order valence-electron chi connectivity index (χ3n) is 2.29. The van der Waals surface area contributed by atoms with E-state index in [4.69, 9.17) is 11.3 Å². The molecular weight excluding hydrogens is 126 g/mol. The van der Waals surface area contributed by atoms with Crippen LogP contribution >= 0.6 is 0 Å². The Kier molecular flexibility index (Phi) is 1.48. The van der Waals surface area contributed by atoms with Gasteiger partial charge in [0.05, 0.1) is 0 Å². The SMILES string of the molecule is [C-]#[N+]C1(C(C)(C)C)COC1. The van der Waals surface area contributed by atoms with Crippen LogP contribution in [0.5, 0.6) is 0 Å². The van der Waals surface area contributed by atoms with E-state index in [2.05, 4.69) is 25.6 Å². The summed E-state index contributed by atoms with van der Waals surface area (Å²) in [4.78, 5) is 3.62. The van der Waals surface area contributed by atoms with E-state index in [0.717, 1.165) is 0 Å². The normalized spacial score (nSPS) is 23.0. The Bertz CT molecular complexity index is 169. The van der Waals surface area contributed by atoms with E-state index in [9.17, 15) is 0 Å². The summed E-state index contributed by atoms with van der Waals surface area (Å²) in [5.74, 6) is 0. The van der Waals surface area contributed by atoms with Gasteiger partial charge in [-0.3, -0.25) is 0 Å². The first-order chi connectivity index (χ1) is 4.52. The molecule has 0 radical (unpaired) electrons. The maximum Gasteiger partial charge on any atom is 0.282 e. The molecule has 0 saturated carbocycles. The second kappa shape index (κ2) is 1.96. The van der Waals surface area contributed by atoms with Gasteiger partial charge in [-0.1, -0.05) is 20.8 Å². The highest BCUT2D eigenvalue weighted by Crippen LogP contribution is 2.39. The van der Waals surface area contributed by atoms with Crippen LogP contribution in [-0.2, 0) is 4.74 Å². The molecule has 10 heavy (non-hydrogen) atoms. The predicted octanol–water partition coefficient (Wildman–Crippen LogP) is 1.72. The maximum atomic E-state index is 7.01. The van der Waals surface area contributed by atoms with Gasteiger partial charge >= 0.3 is 0 Å². The van der Waals surface area contributed by atoms with E-state index in [1.165, 1.54) is 0 Å². The summed E-state index contributed by atoms with van der Waals surface area (Å²) in [6.45, 7) is 14.5. The van der Waals surface area contributed by atoms with Gasteiger partial charge in [-0.05, 0) is 0 Å². The van der Waals surface area contributed by atoms with E-state index < -0.39 is 0 Å². The molecule has 2 heteroatoms. The van der Waals surface area contributed by atoms with E-state index in [1.54, 1.807) is 0 Å². The van der Waals surface area contributed by atoms with Gasteiger partial charge in [0, 0.05) is 5.41 Å². The summed E-state index contributed by atoms with van der Waals surface area (Å²) in [6.07, 6.45) is 0. The molecule has 1 saturated heterocycles. The second-order valence-corrected chi connectivity index (χ2v) is 3.89. The van der Waals surface area contributed by atoms with Crippen molar-refractivity contribution in [3.63, 3.8) is 0 Å². The molecule has 0 unspecified atom stereocenters. The lowest BCUT2D eigenvalue weighted by Crippen LogP contribution is -2.55. The Morgan fingerprint density at radius 3 is 1.90 bits per heavy atom. The Hall–Kier alpha value is -0.550. The van der Waals surface area contributed by atoms with Crippen LogP contribution in [0.25, 0.3) is 4.85 Å². The average molecular weight is 139 g/mol. The van der Waals surface area contributed by atoms with Crippen molar-refractivity contribution < 1.29 is 4.74 Å². The van der Waals surface area contributed by atoms with Crippen LogP contribution in [0.4, 0.5) is 0 Å². The molecule has 1 heterocycles. The minimum atomic E-state index is -0.229. The second-order valence-electron chi connectivity index (χ2n) is 3.89. The standard InChI is InChI=1S/C8H13NO/c1-7(2,3)8(9-4)5-10-6-8/h5-6H2,1-3H3. The van der Waals surface area contributed by atoms with Gasteiger partial charge in [0.1, 0.15) is 13.2 Å². The summed E-state index contributed by atoms with van der Waals surface area (Å²) in [5.41, 5.74) is -0.167. The lowest BCUT2D eigenvalue weighted by molar-refractivity contribution is -0.0823. The van der Waals surface area contributed by atoms with Crippen LogP contribution in [-0.4, -0.2) is 18.8 Å². The molecule has 0 aromatic heterocycles. The number of nitrogens with zero attached hydrogens (tertiary/aromatic N) is 1. The van der Waals surface area contributed by atoms with Crippen molar-refractivity contribution in [2.75, 3.05) is 13.2 Å². The van der Waals surface area contributed by atoms with Crippen molar-refractivity contribution in [3.05, 3.63) is 11.4 Å². The van der Waals surface area contributed by atoms with Crippen LogP contribution in [0.15, 0.2) is 0 Å². The summed E-state index contributed by atoms with van der Waals surface area (Å²) >= 11 is 0. The van der Waals surface area contributed by atoms with Crippen molar-refractivity contribution in [2.24, 2.45) is 5.41 Å². The molecule has 0 spiro atoms. The monoisotopic (exact) mass is 139 g/mol. The minimum absolute atomic E-state index is 0.0625. The lowest BCUT2D eigenvalue weighted by atomic mass is 9.73. The molecule has 0 bridgehead atoms. The molecule has 0 atom stereocenters. The Balaban J connectivity index is 2.77. The Labute approximate surface area is 62.0 Å². The fourth-order valence-electron chi connectivity index (χ4n) is 0.961. The predicted molar refractivity (Wildman–Crippen MR) is 39.6 cm³/mol. The van der Waals surface area contributed by atoms with Crippen LogP contribution in [0.1, 0.15) is 20.8 Å². The zero-order valence-electron chi connectivity index (χ0n) is 6.77. The lowest BCUT2D eigenvalue weighted by Gasteiger charge is -2.39. The van der Waals surface area contributed by atoms with Crippen molar-refractivity contribution in [2.45, 2.75) is 26.3 Å². The largest absolute Gasteiger partial charge is 0.364 e. The molecule has 0 aromatic carbocycles. The van der Waals surface area contributed by atoms with Gasteiger partial charge in [-0.25, -0.2) is 6.57 Å². The zero-order valence-corrected chi connectivity index (χ0v) is 6.77. The molecule has 0 aromatic rings. The molecule has 0 amide bonds. The van der Waals surface area contributed by atoms with Gasteiger partial charge in [-0.2, -0.15) is 0 Å². The number of rotatable bonds is 0. The molecule has 1 rings (SSSR count). The molecule has 2 nitrogen and oxygen atoms in total. The van der Waals surface area contributed by atoms with Crippen molar-refractivity contribution in [1.29, 1.82) is 0 Å². The van der Waals surface area contributed by atoms with Crippen molar-refractivity contribution in [1.82, 2.24) is 0 Å². The number of hydrogen-bond acceptors (Lipinski definition) is 1. The van der Waals surface area contributed by atoms with E-state index in [-0.39, 0.29) is 11.0 Å². The third kappa shape index (κ3) is 0.819. The highest BCUT2D eigenvalue weighted by molar-refractivity contribution is 5.11. The Morgan fingerprint density at radius 1 is 1.40 bits per heavy atom. The van der Waals surface area contributed by atoms with Gasteiger partial charge < -0.3 is 9.58 Å².